The number of benzene rings is 8. The lowest BCUT2D eigenvalue weighted by molar-refractivity contribution is 0.251. The fraction of sp³-hybridized carbons (Fsp3) is 0.275. The van der Waals surface area contributed by atoms with E-state index in [0.717, 1.165) is 92.7 Å². The van der Waals surface area contributed by atoms with Gasteiger partial charge in [-0.3, -0.25) is 4.90 Å². The Balaban J connectivity index is 1.28. The number of nitrogens with zero attached hydrogens (tertiary/aromatic N) is 3. The summed E-state index contributed by atoms with van der Waals surface area (Å²) in [5.41, 5.74) is 18.0. The van der Waals surface area contributed by atoms with E-state index in [-0.39, 0.29) is 27.1 Å². The second-order valence-corrected chi connectivity index (χ2v) is 24.6. The van der Waals surface area contributed by atoms with E-state index >= 15 is 0 Å². The summed E-state index contributed by atoms with van der Waals surface area (Å²) in [5, 5.41) is 1.12. The standard InChI is InChI=1S/C69H71N3O/c1-65(2,3)49-27-32-54(33-28-49)71-55-34-29-50(30-35-55)68(9,10)46-69(11)38-37-67(7,8)60-45-63-48(39-61(60)69)40-64(73-63)72(62-36-31-51(66(4,5)6)41-59(62)47-21-15-12-16-22-47)58-43-56(42-57(71)44-58)70(52-23-17-13-18-24-52)53-25-19-14-20-26-53/h12-36,39-45H,37-38,46H2,1-11H3. The first-order chi connectivity index (χ1) is 34.8. The van der Waals surface area contributed by atoms with Gasteiger partial charge in [-0.2, -0.15) is 0 Å². The molecule has 0 radical (unpaired) electrons. The van der Waals surface area contributed by atoms with Crippen LogP contribution in [0.15, 0.2) is 199 Å². The molecule has 1 aliphatic carbocycles. The molecule has 2 aliphatic heterocycles. The lowest BCUT2D eigenvalue weighted by Gasteiger charge is -2.47. The molecule has 7 bridgehead atoms. The lowest BCUT2D eigenvalue weighted by Crippen LogP contribution is -2.39. The highest BCUT2D eigenvalue weighted by atomic mass is 16.4. The van der Waals surface area contributed by atoms with Crippen molar-refractivity contribution in [1.82, 2.24) is 0 Å². The number of hydrogen-bond donors (Lipinski definition) is 0. The van der Waals surface area contributed by atoms with Crippen LogP contribution in [0.2, 0.25) is 0 Å². The minimum atomic E-state index is -0.113. The predicted molar refractivity (Wildman–Crippen MR) is 310 cm³/mol. The highest BCUT2D eigenvalue weighted by Gasteiger charge is 2.44. The molecule has 4 heteroatoms. The molecule has 1 aromatic heterocycles. The van der Waals surface area contributed by atoms with Crippen molar-refractivity contribution in [3.8, 4) is 11.1 Å². The predicted octanol–water partition coefficient (Wildman–Crippen LogP) is 20.1. The van der Waals surface area contributed by atoms with E-state index in [9.17, 15) is 0 Å². The second-order valence-electron chi connectivity index (χ2n) is 24.6. The van der Waals surface area contributed by atoms with Crippen molar-refractivity contribution in [3.05, 3.63) is 222 Å². The Morgan fingerprint density at radius 2 is 1.00 bits per heavy atom. The molecule has 0 amide bonds. The van der Waals surface area contributed by atoms with Crippen LogP contribution in [0.25, 0.3) is 22.1 Å². The zero-order chi connectivity index (χ0) is 51.1. The van der Waals surface area contributed by atoms with E-state index in [1.165, 1.54) is 27.8 Å². The highest BCUT2D eigenvalue weighted by Crippen LogP contribution is 2.55. The maximum Gasteiger partial charge on any atom is 0.205 e. The van der Waals surface area contributed by atoms with E-state index in [4.69, 9.17) is 4.42 Å². The van der Waals surface area contributed by atoms with Gasteiger partial charge in [0.15, 0.2) is 0 Å². The van der Waals surface area contributed by atoms with Crippen molar-refractivity contribution in [2.45, 2.75) is 122 Å². The van der Waals surface area contributed by atoms with Gasteiger partial charge in [0, 0.05) is 39.8 Å². The molecule has 0 saturated heterocycles. The first-order valence-electron chi connectivity index (χ1n) is 26.4. The zero-order valence-electron chi connectivity index (χ0n) is 44.8. The lowest BCUT2D eigenvalue weighted by atomic mass is 9.57. The third-order valence-corrected chi connectivity index (χ3v) is 16.2. The van der Waals surface area contributed by atoms with Crippen molar-refractivity contribution in [3.63, 3.8) is 0 Å². The molecule has 12 rings (SSSR count). The third-order valence-electron chi connectivity index (χ3n) is 16.2. The van der Waals surface area contributed by atoms with Gasteiger partial charge in [0.1, 0.15) is 5.58 Å². The summed E-state index contributed by atoms with van der Waals surface area (Å²) in [6.45, 7) is 26.0. The highest BCUT2D eigenvalue weighted by molar-refractivity contribution is 5.95. The molecule has 1 atom stereocenters. The maximum absolute atomic E-state index is 7.43. The van der Waals surface area contributed by atoms with Gasteiger partial charge < -0.3 is 14.2 Å². The molecule has 4 nitrogen and oxygen atoms in total. The molecule has 0 N–H and O–H groups in total. The van der Waals surface area contributed by atoms with Crippen LogP contribution in [0.1, 0.15) is 123 Å². The molecular formula is C69H71N3O. The second kappa shape index (κ2) is 17.7. The molecule has 3 aliphatic rings. The molecule has 368 valence electrons. The summed E-state index contributed by atoms with van der Waals surface area (Å²) in [6, 6.07) is 72.4. The summed E-state index contributed by atoms with van der Waals surface area (Å²) in [4.78, 5) is 7.23. The van der Waals surface area contributed by atoms with E-state index < -0.39 is 0 Å². The largest absolute Gasteiger partial charge is 0.440 e. The van der Waals surface area contributed by atoms with Crippen LogP contribution in [0.5, 0.6) is 0 Å². The van der Waals surface area contributed by atoms with Gasteiger partial charge in [-0.1, -0.05) is 173 Å². The summed E-state index contributed by atoms with van der Waals surface area (Å²) >= 11 is 0. The van der Waals surface area contributed by atoms with Crippen LogP contribution < -0.4 is 14.7 Å². The molecular weight excluding hydrogens is 887 g/mol. The van der Waals surface area contributed by atoms with Gasteiger partial charge in [-0.15, -0.1) is 0 Å². The van der Waals surface area contributed by atoms with Crippen molar-refractivity contribution in [2.75, 3.05) is 14.7 Å². The van der Waals surface area contributed by atoms with Gasteiger partial charge in [0.2, 0.25) is 5.88 Å². The summed E-state index contributed by atoms with van der Waals surface area (Å²) in [5.74, 6) is 0.765. The Labute approximate surface area is 435 Å². The number of fused-ring (bicyclic) bond motifs is 3. The molecule has 73 heavy (non-hydrogen) atoms. The molecule has 9 aromatic rings. The topological polar surface area (TPSA) is 22.9 Å². The number of furan rings is 1. The van der Waals surface area contributed by atoms with Crippen molar-refractivity contribution in [2.24, 2.45) is 0 Å². The van der Waals surface area contributed by atoms with Gasteiger partial charge in [-0.05, 0) is 171 Å². The molecule has 0 saturated carbocycles. The number of anilines is 9. The zero-order valence-corrected chi connectivity index (χ0v) is 44.8. The first-order valence-corrected chi connectivity index (χ1v) is 26.4. The van der Waals surface area contributed by atoms with Gasteiger partial charge >= 0.3 is 0 Å². The van der Waals surface area contributed by atoms with Crippen molar-refractivity contribution >= 4 is 62.4 Å². The van der Waals surface area contributed by atoms with Gasteiger partial charge in [0.25, 0.3) is 0 Å². The number of para-hydroxylation sites is 2. The molecule has 8 aromatic carbocycles. The Morgan fingerprint density at radius 3 is 1.59 bits per heavy atom. The molecule has 0 fully saturated rings. The average Bonchev–Trinajstić information content (AvgIpc) is 3.78. The molecule has 3 heterocycles. The van der Waals surface area contributed by atoms with E-state index in [1.54, 1.807) is 0 Å². The summed E-state index contributed by atoms with van der Waals surface area (Å²) in [6.07, 6.45) is 3.24. The van der Waals surface area contributed by atoms with Crippen LogP contribution in [0.4, 0.5) is 51.4 Å². The first kappa shape index (κ1) is 48.0. The fourth-order valence-electron chi connectivity index (χ4n) is 12.0. The van der Waals surface area contributed by atoms with Crippen LogP contribution in [0.3, 0.4) is 0 Å². The third kappa shape index (κ3) is 8.94. The van der Waals surface area contributed by atoms with Gasteiger partial charge in [-0.25, -0.2) is 0 Å². The van der Waals surface area contributed by atoms with Crippen LogP contribution >= 0.6 is 0 Å². The minimum Gasteiger partial charge on any atom is -0.440 e. The Hall–Kier alpha value is -7.30. The fourth-order valence-corrected chi connectivity index (χ4v) is 12.0. The van der Waals surface area contributed by atoms with Crippen LogP contribution in [-0.4, -0.2) is 0 Å². The average molecular weight is 958 g/mol. The van der Waals surface area contributed by atoms with Crippen LogP contribution in [-0.2, 0) is 27.1 Å². The van der Waals surface area contributed by atoms with Crippen molar-refractivity contribution in [1.29, 1.82) is 0 Å². The van der Waals surface area contributed by atoms with E-state index in [0.29, 0.717) is 0 Å². The van der Waals surface area contributed by atoms with Gasteiger partial charge in [0.05, 0.1) is 22.7 Å². The normalized spacial score (nSPS) is 17.3. The monoisotopic (exact) mass is 958 g/mol. The SMILES string of the molecule is CC(C)(C)c1ccc(N2c3ccc(cc3)C(C)(C)CC3(C)CCC(C)(C)c4cc5oc(cc5cc43)N(c3ccc(C(C)(C)C)cc3-c3ccccc3)c3cc(N(c4ccccc4)c4ccccc4)cc2c3)cc1. The Bertz CT molecular complexity index is 3410. The quantitative estimate of drug-likeness (QED) is 0.166. The smallest absolute Gasteiger partial charge is 0.205 e. The molecule has 1 unspecified atom stereocenters. The van der Waals surface area contributed by atoms with Crippen LogP contribution in [0, 0.1) is 0 Å². The maximum atomic E-state index is 7.43. The number of hydrogen-bond acceptors (Lipinski definition) is 4. The van der Waals surface area contributed by atoms with E-state index in [2.05, 4.69) is 285 Å². The minimum absolute atomic E-state index is 0.00251. The Kier molecular flexibility index (Phi) is 11.7. The summed E-state index contributed by atoms with van der Waals surface area (Å²) in [7, 11) is 0. The van der Waals surface area contributed by atoms with E-state index in [1.807, 2.05) is 0 Å². The Morgan fingerprint density at radius 1 is 0.452 bits per heavy atom. The summed E-state index contributed by atoms with van der Waals surface area (Å²) < 4.78 is 7.43. The number of rotatable bonds is 6. The van der Waals surface area contributed by atoms with Crippen molar-refractivity contribution < 1.29 is 4.42 Å². The molecule has 0 spiro atoms.